The Bertz CT molecular complexity index is 626. The zero-order valence-electron chi connectivity index (χ0n) is 10.4. The van der Waals surface area contributed by atoms with Crippen LogP contribution in [-0.4, -0.2) is 20.4 Å². The van der Waals surface area contributed by atoms with Gasteiger partial charge in [0.2, 0.25) is 5.89 Å². The highest BCUT2D eigenvalue weighted by Gasteiger charge is 2.10. The summed E-state index contributed by atoms with van der Waals surface area (Å²) in [6.45, 7) is 1.43. The minimum Gasteiger partial charge on any atom is -0.411 e. The van der Waals surface area contributed by atoms with E-state index in [1.807, 2.05) is 0 Å². The Morgan fingerprint density at radius 2 is 2.05 bits per heavy atom. The molecule has 104 valence electrons. The van der Waals surface area contributed by atoms with Crippen LogP contribution in [0.1, 0.15) is 6.92 Å². The molecule has 0 aliphatic carbocycles. The first-order chi connectivity index (χ1) is 9.58. The summed E-state index contributed by atoms with van der Waals surface area (Å²) in [6, 6.07) is 7.16. The lowest BCUT2D eigenvalue weighted by Crippen LogP contribution is -2.34. The van der Waals surface area contributed by atoms with E-state index in [2.05, 4.69) is 20.9 Å². The van der Waals surface area contributed by atoms with Crippen molar-refractivity contribution in [2.45, 2.75) is 12.1 Å². The van der Waals surface area contributed by atoms with Crippen molar-refractivity contribution in [1.29, 1.82) is 0 Å². The first-order valence-corrected chi connectivity index (χ1v) is 6.71. The molecule has 0 radical (unpaired) electrons. The second-order valence-electron chi connectivity index (χ2n) is 3.64. The molecule has 0 bridgehead atoms. The fourth-order valence-electron chi connectivity index (χ4n) is 1.35. The van der Waals surface area contributed by atoms with Crippen LogP contribution in [0.5, 0.6) is 0 Å². The summed E-state index contributed by atoms with van der Waals surface area (Å²) in [5, 5.41) is 11.0. The smallest absolute Gasteiger partial charge is 0.284 e. The van der Waals surface area contributed by atoms with E-state index >= 15 is 0 Å². The zero-order chi connectivity index (χ0) is 14.5. The first kappa shape index (κ1) is 14.4. The third-order valence-electron chi connectivity index (χ3n) is 2.16. The molecular weight excluding hydrogens is 298 g/mol. The molecule has 1 heterocycles. The number of hydrogen-bond donors (Lipinski definition) is 3. The Balaban J connectivity index is 2.11. The number of thioether (sulfide) groups is 1. The van der Waals surface area contributed by atoms with E-state index in [1.165, 1.54) is 6.92 Å². The van der Waals surface area contributed by atoms with E-state index in [0.29, 0.717) is 11.0 Å². The third kappa shape index (κ3) is 3.76. The average molecular weight is 309 g/mol. The van der Waals surface area contributed by atoms with Crippen molar-refractivity contribution >= 4 is 39.9 Å². The van der Waals surface area contributed by atoms with Gasteiger partial charge in [-0.3, -0.25) is 4.79 Å². The minimum absolute atomic E-state index is 0.109. The highest BCUT2D eigenvalue weighted by molar-refractivity contribution is 8.13. The normalized spacial score (nSPS) is 10.1. The van der Waals surface area contributed by atoms with Crippen molar-refractivity contribution in [2.24, 2.45) is 5.84 Å². The van der Waals surface area contributed by atoms with Crippen LogP contribution in [0.15, 0.2) is 33.9 Å². The second kappa shape index (κ2) is 6.46. The number of rotatable bonds is 3. The molecule has 4 N–H and O–H groups in total. The Hall–Kier alpha value is -1.97. The summed E-state index contributed by atoms with van der Waals surface area (Å²) in [5.74, 6) is 5.51. The van der Waals surface area contributed by atoms with Gasteiger partial charge in [-0.05, 0) is 36.5 Å². The second-order valence-corrected chi connectivity index (χ2v) is 5.18. The van der Waals surface area contributed by atoms with E-state index in [-0.39, 0.29) is 10.3 Å². The number of carbonyl (C=O) groups is 1. The Morgan fingerprint density at radius 3 is 2.65 bits per heavy atom. The van der Waals surface area contributed by atoms with Gasteiger partial charge in [-0.15, -0.1) is 10.2 Å². The van der Waals surface area contributed by atoms with Gasteiger partial charge in [-0.1, -0.05) is 0 Å². The Kier molecular flexibility index (Phi) is 4.66. The van der Waals surface area contributed by atoms with Gasteiger partial charge in [-0.25, -0.2) is 5.84 Å². The van der Waals surface area contributed by atoms with E-state index in [0.717, 1.165) is 23.0 Å². The lowest BCUT2D eigenvalue weighted by atomic mass is 10.2. The summed E-state index contributed by atoms with van der Waals surface area (Å²) in [4.78, 5) is 10.9. The standard InChI is InChI=1S/C11H11N5O2S2/c1-6(17)20-11-16-15-9(18-11)7-2-4-8(5-3-7)13-10(19)14-12/h2-5H,12H2,1H3,(H2,13,14,19). The van der Waals surface area contributed by atoms with Crippen LogP contribution in [-0.2, 0) is 4.79 Å². The molecule has 0 fully saturated rings. The number of nitrogens with one attached hydrogen (secondary N) is 2. The number of hydrazine groups is 1. The van der Waals surface area contributed by atoms with E-state index in [4.69, 9.17) is 22.5 Å². The van der Waals surface area contributed by atoms with Gasteiger partial charge >= 0.3 is 0 Å². The molecule has 2 rings (SSSR count). The van der Waals surface area contributed by atoms with Crippen LogP contribution < -0.4 is 16.6 Å². The van der Waals surface area contributed by atoms with Gasteiger partial charge < -0.3 is 15.2 Å². The Morgan fingerprint density at radius 1 is 1.35 bits per heavy atom. The number of nitrogens with zero attached hydrogens (tertiary/aromatic N) is 2. The van der Waals surface area contributed by atoms with Crippen molar-refractivity contribution in [3.63, 3.8) is 0 Å². The van der Waals surface area contributed by atoms with Crippen LogP contribution >= 0.6 is 24.0 Å². The number of nitrogens with two attached hydrogens (primary N) is 1. The quantitative estimate of drug-likeness (QED) is 0.337. The molecule has 0 atom stereocenters. The van der Waals surface area contributed by atoms with Crippen LogP contribution in [0.4, 0.5) is 5.69 Å². The third-order valence-corrected chi connectivity index (χ3v) is 3.01. The predicted molar refractivity (Wildman–Crippen MR) is 79.8 cm³/mol. The van der Waals surface area contributed by atoms with Crippen LogP contribution in [0.3, 0.4) is 0 Å². The number of hydrogen-bond acceptors (Lipinski definition) is 7. The molecule has 20 heavy (non-hydrogen) atoms. The molecule has 1 aromatic heterocycles. The number of thiocarbonyl (C=S) groups is 1. The maximum Gasteiger partial charge on any atom is 0.284 e. The summed E-state index contributed by atoms with van der Waals surface area (Å²) in [6.07, 6.45) is 0. The number of anilines is 1. The molecule has 7 nitrogen and oxygen atoms in total. The molecule has 0 unspecified atom stereocenters. The van der Waals surface area contributed by atoms with E-state index in [1.54, 1.807) is 24.3 Å². The molecule has 0 saturated heterocycles. The molecule has 1 aromatic carbocycles. The van der Waals surface area contributed by atoms with Gasteiger partial charge in [0, 0.05) is 29.9 Å². The highest BCUT2D eigenvalue weighted by atomic mass is 32.2. The maximum absolute atomic E-state index is 10.9. The SMILES string of the molecule is CC(=O)Sc1nnc(-c2ccc(NC(=S)NN)cc2)o1. The van der Waals surface area contributed by atoms with Crippen molar-refractivity contribution in [3.05, 3.63) is 24.3 Å². The van der Waals surface area contributed by atoms with Gasteiger partial charge in [0.15, 0.2) is 10.2 Å². The molecule has 0 aliphatic rings. The summed E-state index contributed by atoms with van der Waals surface area (Å²) >= 11 is 5.78. The molecule has 0 spiro atoms. The van der Waals surface area contributed by atoms with Crippen molar-refractivity contribution in [1.82, 2.24) is 15.6 Å². The van der Waals surface area contributed by atoms with Crippen LogP contribution in [0.25, 0.3) is 11.5 Å². The summed E-state index contributed by atoms with van der Waals surface area (Å²) in [5.41, 5.74) is 3.84. The largest absolute Gasteiger partial charge is 0.411 e. The van der Waals surface area contributed by atoms with Crippen molar-refractivity contribution < 1.29 is 9.21 Å². The lowest BCUT2D eigenvalue weighted by Gasteiger charge is -2.06. The van der Waals surface area contributed by atoms with Gasteiger partial charge in [0.1, 0.15) is 0 Å². The molecule has 0 saturated carbocycles. The minimum atomic E-state index is -0.109. The van der Waals surface area contributed by atoms with Gasteiger partial charge in [-0.2, -0.15) is 0 Å². The predicted octanol–water partition coefficient (Wildman–Crippen LogP) is 1.54. The fourth-order valence-corrected chi connectivity index (χ4v) is 1.92. The number of carbonyl (C=O) groups excluding carboxylic acids is 1. The fraction of sp³-hybridized carbons (Fsp3) is 0.0909. The topological polar surface area (TPSA) is 106 Å². The molecule has 0 aliphatic heterocycles. The first-order valence-electron chi connectivity index (χ1n) is 5.48. The van der Waals surface area contributed by atoms with Crippen LogP contribution in [0.2, 0.25) is 0 Å². The van der Waals surface area contributed by atoms with Crippen LogP contribution in [0, 0.1) is 0 Å². The summed E-state index contributed by atoms with van der Waals surface area (Å²) < 4.78 is 5.36. The van der Waals surface area contributed by atoms with E-state index < -0.39 is 0 Å². The maximum atomic E-state index is 10.9. The van der Waals surface area contributed by atoms with Gasteiger partial charge in [0.05, 0.1) is 0 Å². The average Bonchev–Trinajstić information content (AvgIpc) is 2.87. The zero-order valence-corrected chi connectivity index (χ0v) is 12.0. The lowest BCUT2D eigenvalue weighted by molar-refractivity contribution is -0.109. The van der Waals surface area contributed by atoms with Gasteiger partial charge in [0.25, 0.3) is 5.22 Å². The molecule has 9 heteroatoms. The van der Waals surface area contributed by atoms with E-state index in [9.17, 15) is 4.79 Å². The Labute approximate surface area is 124 Å². The molecule has 0 amide bonds. The number of aromatic nitrogens is 2. The highest BCUT2D eigenvalue weighted by Crippen LogP contribution is 2.24. The van der Waals surface area contributed by atoms with Crippen molar-refractivity contribution in [3.8, 4) is 11.5 Å². The van der Waals surface area contributed by atoms with Crippen molar-refractivity contribution in [2.75, 3.05) is 5.32 Å². The summed E-state index contributed by atoms with van der Waals surface area (Å²) in [7, 11) is 0. The molecule has 2 aromatic rings. The number of benzene rings is 1. The monoisotopic (exact) mass is 309 g/mol. The molecular formula is C11H11N5O2S2.